The van der Waals surface area contributed by atoms with Crippen molar-refractivity contribution >= 4 is 23.0 Å². The summed E-state index contributed by atoms with van der Waals surface area (Å²) in [4.78, 5) is 14.2. The summed E-state index contributed by atoms with van der Waals surface area (Å²) in [6.45, 7) is 4.11. The Bertz CT molecular complexity index is 504. The van der Waals surface area contributed by atoms with Crippen molar-refractivity contribution in [3.8, 4) is 0 Å². The van der Waals surface area contributed by atoms with Crippen molar-refractivity contribution in [3.63, 3.8) is 0 Å². The van der Waals surface area contributed by atoms with Crippen LogP contribution in [0.15, 0.2) is 29.4 Å². The molecule has 0 N–H and O–H groups in total. The van der Waals surface area contributed by atoms with E-state index in [4.69, 9.17) is 0 Å². The van der Waals surface area contributed by atoms with Crippen LogP contribution in [-0.2, 0) is 4.79 Å². The molecule has 1 aromatic carbocycles. The Morgan fingerprint density at radius 1 is 1.17 bits per heavy atom. The zero-order valence-electron chi connectivity index (χ0n) is 10.6. The average molecular weight is 243 g/mol. The molecule has 0 saturated carbocycles. The van der Waals surface area contributed by atoms with Gasteiger partial charge in [-0.05, 0) is 38.0 Å². The maximum absolute atomic E-state index is 11.8. The van der Waals surface area contributed by atoms with E-state index < -0.39 is 0 Å². The fourth-order valence-electron chi connectivity index (χ4n) is 2.55. The van der Waals surface area contributed by atoms with E-state index in [9.17, 15) is 4.79 Å². The van der Waals surface area contributed by atoms with E-state index in [1.165, 1.54) is 23.5 Å². The lowest BCUT2D eigenvalue weighted by Gasteiger charge is -2.20. The van der Waals surface area contributed by atoms with Crippen molar-refractivity contribution in [1.29, 1.82) is 0 Å². The normalized spacial score (nSPS) is 19.6. The van der Waals surface area contributed by atoms with Gasteiger partial charge in [0.05, 0.1) is 12.1 Å². The first-order chi connectivity index (χ1) is 8.74. The van der Waals surface area contributed by atoms with E-state index in [1.807, 2.05) is 19.1 Å². The topological polar surface area (TPSA) is 35.9 Å². The Morgan fingerprint density at radius 3 is 2.56 bits per heavy atom. The summed E-state index contributed by atoms with van der Waals surface area (Å²) in [6, 6.07) is 8.11. The van der Waals surface area contributed by atoms with E-state index in [0.717, 1.165) is 24.5 Å². The quantitative estimate of drug-likeness (QED) is 0.799. The second kappa shape index (κ2) is 4.44. The molecule has 1 aromatic rings. The van der Waals surface area contributed by atoms with Gasteiger partial charge in [0.25, 0.3) is 5.91 Å². The number of rotatable bonds is 2. The predicted octanol–water partition coefficient (Wildman–Crippen LogP) is 2.40. The lowest BCUT2D eigenvalue weighted by Crippen LogP contribution is -2.21. The van der Waals surface area contributed by atoms with Crippen molar-refractivity contribution in [1.82, 2.24) is 0 Å². The molecule has 1 amide bonds. The van der Waals surface area contributed by atoms with Crippen LogP contribution in [0.4, 0.5) is 11.4 Å². The Labute approximate surface area is 107 Å². The molecular formula is C14H17N3O. The Kier molecular flexibility index (Phi) is 2.78. The van der Waals surface area contributed by atoms with Crippen molar-refractivity contribution in [3.05, 3.63) is 24.3 Å². The minimum absolute atomic E-state index is 0.0612. The predicted molar refractivity (Wildman–Crippen MR) is 73.1 cm³/mol. The maximum Gasteiger partial charge on any atom is 0.253 e. The van der Waals surface area contributed by atoms with E-state index in [0.29, 0.717) is 6.42 Å². The van der Waals surface area contributed by atoms with E-state index in [2.05, 4.69) is 22.1 Å². The highest BCUT2D eigenvalue weighted by atomic mass is 16.2. The molecular weight excluding hydrogens is 226 g/mol. The van der Waals surface area contributed by atoms with Crippen LogP contribution >= 0.6 is 0 Å². The molecule has 18 heavy (non-hydrogen) atoms. The highest BCUT2D eigenvalue weighted by molar-refractivity contribution is 6.12. The fraction of sp³-hybridized carbons (Fsp3) is 0.429. The molecule has 0 unspecified atom stereocenters. The third-order valence-electron chi connectivity index (χ3n) is 3.46. The molecule has 94 valence electrons. The zero-order chi connectivity index (χ0) is 12.5. The van der Waals surface area contributed by atoms with E-state index >= 15 is 0 Å². The summed E-state index contributed by atoms with van der Waals surface area (Å²) in [5, 5.41) is 5.81. The second-order valence-electron chi connectivity index (χ2n) is 4.93. The lowest BCUT2D eigenvalue weighted by molar-refractivity contribution is -0.116. The molecule has 3 rings (SSSR count). The van der Waals surface area contributed by atoms with Gasteiger partial charge in [0, 0.05) is 24.5 Å². The molecule has 0 bridgehead atoms. The summed E-state index contributed by atoms with van der Waals surface area (Å²) in [5.41, 5.74) is 2.95. The van der Waals surface area contributed by atoms with Crippen LogP contribution in [0, 0.1) is 0 Å². The van der Waals surface area contributed by atoms with Crippen LogP contribution in [0.2, 0.25) is 0 Å². The number of carbonyl (C=O) groups is 1. The first-order valence-corrected chi connectivity index (χ1v) is 6.46. The first kappa shape index (κ1) is 11.3. The fourth-order valence-corrected chi connectivity index (χ4v) is 2.55. The molecule has 0 atom stereocenters. The van der Waals surface area contributed by atoms with Crippen molar-refractivity contribution < 1.29 is 4.79 Å². The first-order valence-electron chi connectivity index (χ1n) is 6.46. The van der Waals surface area contributed by atoms with E-state index in [-0.39, 0.29) is 5.91 Å². The smallest absolute Gasteiger partial charge is 0.253 e. The average Bonchev–Trinajstić information content (AvgIpc) is 2.99. The van der Waals surface area contributed by atoms with Gasteiger partial charge < -0.3 is 4.90 Å². The minimum Gasteiger partial charge on any atom is -0.371 e. The van der Waals surface area contributed by atoms with Crippen molar-refractivity contribution in [2.24, 2.45) is 5.10 Å². The standard InChI is InChI=1S/C14H17N3O/c1-11-9-14(18)17(15-11)13-6-4-5-12(10-13)16-7-2-3-8-16/h4-6,10H,2-3,7-9H2,1H3. The van der Waals surface area contributed by atoms with Gasteiger partial charge in [0.2, 0.25) is 0 Å². The Balaban J connectivity index is 1.89. The molecule has 1 fully saturated rings. The third kappa shape index (κ3) is 1.98. The number of anilines is 2. The van der Waals surface area contributed by atoms with Gasteiger partial charge >= 0.3 is 0 Å². The molecule has 2 aliphatic rings. The van der Waals surface area contributed by atoms with Crippen molar-refractivity contribution in [2.75, 3.05) is 23.0 Å². The number of hydrogen-bond acceptors (Lipinski definition) is 3. The molecule has 4 nitrogen and oxygen atoms in total. The second-order valence-corrected chi connectivity index (χ2v) is 4.93. The van der Waals surface area contributed by atoms with Crippen LogP contribution in [0.5, 0.6) is 0 Å². The molecule has 0 aromatic heterocycles. The number of nitrogens with zero attached hydrogens (tertiary/aromatic N) is 3. The monoisotopic (exact) mass is 243 g/mol. The SMILES string of the molecule is CC1=NN(c2cccc(N3CCCC3)c2)C(=O)C1. The highest BCUT2D eigenvalue weighted by Crippen LogP contribution is 2.27. The highest BCUT2D eigenvalue weighted by Gasteiger charge is 2.23. The number of hydrazone groups is 1. The molecule has 2 heterocycles. The molecule has 4 heteroatoms. The third-order valence-corrected chi connectivity index (χ3v) is 3.46. The van der Waals surface area contributed by atoms with Gasteiger partial charge in [-0.2, -0.15) is 5.10 Å². The van der Waals surface area contributed by atoms with Crippen LogP contribution in [0.3, 0.4) is 0 Å². The van der Waals surface area contributed by atoms with Gasteiger partial charge in [-0.3, -0.25) is 4.79 Å². The summed E-state index contributed by atoms with van der Waals surface area (Å²) >= 11 is 0. The Hall–Kier alpha value is -1.84. The van der Waals surface area contributed by atoms with E-state index in [1.54, 1.807) is 0 Å². The number of hydrogen-bond donors (Lipinski definition) is 0. The van der Waals surface area contributed by atoms with Gasteiger partial charge in [0.1, 0.15) is 0 Å². The lowest BCUT2D eigenvalue weighted by atomic mass is 10.2. The molecule has 0 radical (unpaired) electrons. The van der Waals surface area contributed by atoms with Gasteiger partial charge in [-0.1, -0.05) is 6.07 Å². The number of benzene rings is 1. The molecule has 2 aliphatic heterocycles. The van der Waals surface area contributed by atoms with Gasteiger partial charge in [-0.25, -0.2) is 5.01 Å². The summed E-state index contributed by atoms with van der Waals surface area (Å²) < 4.78 is 0. The minimum atomic E-state index is 0.0612. The van der Waals surface area contributed by atoms with Crippen LogP contribution in [0.25, 0.3) is 0 Å². The molecule has 0 spiro atoms. The maximum atomic E-state index is 11.8. The van der Waals surface area contributed by atoms with Gasteiger partial charge in [0.15, 0.2) is 0 Å². The van der Waals surface area contributed by atoms with Crippen LogP contribution in [0.1, 0.15) is 26.2 Å². The van der Waals surface area contributed by atoms with Crippen LogP contribution < -0.4 is 9.91 Å². The Morgan fingerprint density at radius 2 is 1.89 bits per heavy atom. The summed E-state index contributed by atoms with van der Waals surface area (Å²) in [6.07, 6.45) is 2.95. The zero-order valence-corrected chi connectivity index (χ0v) is 10.6. The largest absolute Gasteiger partial charge is 0.371 e. The van der Waals surface area contributed by atoms with Crippen LogP contribution in [-0.4, -0.2) is 24.7 Å². The van der Waals surface area contributed by atoms with Crippen molar-refractivity contribution in [2.45, 2.75) is 26.2 Å². The molecule has 1 saturated heterocycles. The molecule has 0 aliphatic carbocycles. The summed E-state index contributed by atoms with van der Waals surface area (Å²) in [5.74, 6) is 0.0612. The summed E-state index contributed by atoms with van der Waals surface area (Å²) in [7, 11) is 0. The number of amides is 1. The number of carbonyl (C=O) groups excluding carboxylic acids is 1. The van der Waals surface area contributed by atoms with Gasteiger partial charge in [-0.15, -0.1) is 0 Å².